The van der Waals surface area contributed by atoms with Crippen molar-refractivity contribution in [1.29, 1.82) is 10.5 Å². The lowest BCUT2D eigenvalue weighted by molar-refractivity contribution is -0.0176. The number of hydrogen-bond acceptors (Lipinski definition) is 10. The Kier molecular flexibility index (Phi) is 16.2. The molecule has 0 radical (unpaired) electrons. The minimum Gasteiger partial charge on any atom is -0.486 e. The largest absolute Gasteiger partial charge is 0.486 e. The lowest BCUT2D eigenvalue weighted by Gasteiger charge is -2.48. The van der Waals surface area contributed by atoms with E-state index in [1.165, 1.54) is 44.6 Å². The quantitative estimate of drug-likeness (QED) is 0.179. The van der Waals surface area contributed by atoms with Gasteiger partial charge in [-0.15, -0.1) is 0 Å². The normalized spacial score (nSPS) is 25.2. The Bertz CT molecular complexity index is 1400. The van der Waals surface area contributed by atoms with E-state index >= 15 is 0 Å². The van der Waals surface area contributed by atoms with E-state index in [0.717, 1.165) is 66.4 Å². The fourth-order valence-corrected chi connectivity index (χ4v) is 7.63. The maximum absolute atomic E-state index is 8.91. The molecule has 6 rings (SSSR count). The van der Waals surface area contributed by atoms with Gasteiger partial charge in [0, 0.05) is 57.4 Å². The van der Waals surface area contributed by atoms with E-state index in [1.54, 1.807) is 20.3 Å². The second kappa shape index (κ2) is 20.8. The number of piperidine rings is 4. The van der Waals surface area contributed by atoms with E-state index in [9.17, 15) is 0 Å². The topological polar surface area (TPSA) is 118 Å². The molecule has 1 N–H and O–H groups in total. The van der Waals surface area contributed by atoms with Crippen molar-refractivity contribution in [2.24, 2.45) is 0 Å². The van der Waals surface area contributed by atoms with Crippen LogP contribution in [0.25, 0.3) is 0 Å². The first-order valence-corrected chi connectivity index (χ1v) is 18.0. The lowest BCUT2D eigenvalue weighted by Crippen LogP contribution is -2.54. The van der Waals surface area contributed by atoms with E-state index in [0.29, 0.717) is 30.6 Å². The molecule has 4 saturated heterocycles. The molecule has 0 saturated carbocycles. The highest BCUT2D eigenvalue weighted by molar-refractivity contribution is 5.43. The fraction of sp³-hybridized carbons (Fsp3) is 0.600. The van der Waals surface area contributed by atoms with Gasteiger partial charge in [-0.2, -0.15) is 10.5 Å². The average Bonchev–Trinajstić information content (AvgIpc) is 3.11. The first-order valence-electron chi connectivity index (χ1n) is 18.0. The molecular weight excluding hydrogens is 632 g/mol. The Labute approximate surface area is 299 Å². The lowest BCUT2D eigenvalue weighted by atomic mass is 9.82. The summed E-state index contributed by atoms with van der Waals surface area (Å²) in [4.78, 5) is 2.55. The van der Waals surface area contributed by atoms with Crippen molar-refractivity contribution >= 4 is 0 Å². The molecule has 2 aromatic carbocycles. The number of benzene rings is 2. The SMILES string of the molecule is C=CC#N.COCOc1cc(C)ccc1OC1C[C@H]2CCC[C@@H](C1)N2.COCOc1cc(C)ccc1OC1C[C@H]2CCC[C@@H](C1)N2CCC#N. The molecular formula is C40H56N4O6. The zero-order valence-electron chi connectivity index (χ0n) is 30.4. The molecule has 4 fully saturated rings. The molecule has 50 heavy (non-hydrogen) atoms. The second-order valence-corrected chi connectivity index (χ2v) is 13.6. The summed E-state index contributed by atoms with van der Waals surface area (Å²) in [6, 6.07) is 18.4. The number of ether oxygens (including phenoxy) is 6. The van der Waals surface area contributed by atoms with Crippen molar-refractivity contribution in [2.45, 2.75) is 121 Å². The number of methoxy groups -OCH3 is 2. The Morgan fingerprint density at radius 1 is 0.760 bits per heavy atom. The molecule has 0 aromatic heterocycles. The van der Waals surface area contributed by atoms with Gasteiger partial charge in [-0.3, -0.25) is 4.90 Å². The molecule has 272 valence electrons. The van der Waals surface area contributed by atoms with E-state index in [1.807, 2.05) is 31.2 Å². The molecule has 10 nitrogen and oxygen atoms in total. The van der Waals surface area contributed by atoms with Crippen LogP contribution in [0.3, 0.4) is 0 Å². The molecule has 0 aliphatic carbocycles. The van der Waals surface area contributed by atoms with Crippen LogP contribution in [0, 0.1) is 36.5 Å². The molecule has 4 heterocycles. The summed E-state index contributed by atoms with van der Waals surface area (Å²) in [6.07, 6.45) is 14.1. The van der Waals surface area contributed by atoms with Crippen LogP contribution in [0.15, 0.2) is 49.1 Å². The van der Waals surface area contributed by atoms with Crippen molar-refractivity contribution in [3.05, 3.63) is 60.2 Å². The van der Waals surface area contributed by atoms with E-state index < -0.39 is 0 Å². The van der Waals surface area contributed by atoms with Crippen molar-refractivity contribution in [3.8, 4) is 35.1 Å². The first kappa shape index (κ1) is 39.0. The fourth-order valence-electron chi connectivity index (χ4n) is 7.63. The van der Waals surface area contributed by atoms with Gasteiger partial charge in [-0.25, -0.2) is 0 Å². The number of aryl methyl sites for hydroxylation is 2. The van der Waals surface area contributed by atoms with Crippen molar-refractivity contribution in [2.75, 3.05) is 34.4 Å². The Hall–Kier alpha value is -3.80. The third kappa shape index (κ3) is 11.9. The predicted molar refractivity (Wildman–Crippen MR) is 193 cm³/mol. The summed E-state index contributed by atoms with van der Waals surface area (Å²) in [5, 5.41) is 20.1. The monoisotopic (exact) mass is 688 g/mol. The standard InChI is InChI=1S/C20H28N2O3.C17H25NO3.C3H3N/c1-15-7-8-19(20(11-15)24-14-23-2)25-18-12-16-5-3-6-17(13-18)22(16)10-4-9-21;1-12-6-7-16(17(8-12)20-11-19-2)21-15-9-13-4-3-5-14(10-15)18-13;1-2-3-4/h7-8,11,16-18H,3-6,10,12-14H2,1-2H3;6-8,13-15,18H,3-5,9-11H2,1-2H3;2H,1H2/t16-,17+,18?;13-,14+,15?;. The van der Waals surface area contributed by atoms with Crippen LogP contribution >= 0.6 is 0 Å². The van der Waals surface area contributed by atoms with Gasteiger partial charge >= 0.3 is 0 Å². The summed E-state index contributed by atoms with van der Waals surface area (Å²) in [6.45, 7) is 8.58. The maximum Gasteiger partial charge on any atom is 0.188 e. The number of rotatable bonds is 12. The molecule has 4 bridgehead atoms. The van der Waals surface area contributed by atoms with Crippen molar-refractivity contribution in [1.82, 2.24) is 10.2 Å². The predicted octanol–water partition coefficient (Wildman–Crippen LogP) is 7.38. The summed E-state index contributed by atoms with van der Waals surface area (Å²) in [5.41, 5.74) is 2.30. The van der Waals surface area contributed by atoms with Gasteiger partial charge < -0.3 is 33.7 Å². The molecule has 2 aromatic rings. The van der Waals surface area contributed by atoms with Gasteiger partial charge in [0.25, 0.3) is 0 Å². The second-order valence-electron chi connectivity index (χ2n) is 13.6. The van der Waals surface area contributed by atoms with Crippen LogP contribution in [-0.4, -0.2) is 75.6 Å². The van der Waals surface area contributed by atoms with Gasteiger partial charge in [0.1, 0.15) is 12.2 Å². The first-order chi connectivity index (χ1) is 24.4. The minimum atomic E-state index is 0.209. The number of hydrogen-bond donors (Lipinski definition) is 1. The van der Waals surface area contributed by atoms with Crippen LogP contribution in [0.4, 0.5) is 0 Å². The Morgan fingerprint density at radius 2 is 1.24 bits per heavy atom. The molecule has 4 aliphatic rings. The molecule has 6 atom stereocenters. The summed E-state index contributed by atoms with van der Waals surface area (Å²) in [7, 11) is 3.25. The molecule has 2 unspecified atom stereocenters. The van der Waals surface area contributed by atoms with Gasteiger partial charge in [0.15, 0.2) is 36.6 Å². The van der Waals surface area contributed by atoms with Gasteiger partial charge in [0.05, 0.1) is 12.1 Å². The summed E-state index contributed by atoms with van der Waals surface area (Å²) >= 11 is 0. The number of nitrogens with one attached hydrogen (secondary N) is 1. The molecule has 0 spiro atoms. The highest BCUT2D eigenvalue weighted by atomic mass is 16.7. The van der Waals surface area contributed by atoms with Crippen molar-refractivity contribution < 1.29 is 28.4 Å². The van der Waals surface area contributed by atoms with Crippen LogP contribution < -0.4 is 24.3 Å². The smallest absolute Gasteiger partial charge is 0.188 e. The molecule has 0 amide bonds. The average molecular weight is 689 g/mol. The summed E-state index contributed by atoms with van der Waals surface area (Å²) < 4.78 is 34.0. The van der Waals surface area contributed by atoms with E-state index in [2.05, 4.69) is 41.9 Å². The van der Waals surface area contributed by atoms with E-state index in [4.69, 9.17) is 38.9 Å². The van der Waals surface area contributed by atoms with Crippen molar-refractivity contribution in [3.63, 3.8) is 0 Å². The summed E-state index contributed by atoms with van der Waals surface area (Å²) in [5.74, 6) is 3.17. The molecule has 4 aliphatic heterocycles. The third-order valence-electron chi connectivity index (χ3n) is 9.78. The van der Waals surface area contributed by atoms with Crippen LogP contribution in [0.2, 0.25) is 0 Å². The van der Waals surface area contributed by atoms with Crippen LogP contribution in [0.5, 0.6) is 23.0 Å². The van der Waals surface area contributed by atoms with Gasteiger partial charge in [-0.1, -0.05) is 31.6 Å². The molecule has 10 heteroatoms. The van der Waals surface area contributed by atoms with E-state index in [-0.39, 0.29) is 25.8 Å². The Balaban J connectivity index is 0.000000205. The number of allylic oxidation sites excluding steroid dienone is 1. The zero-order chi connectivity index (χ0) is 35.7. The highest BCUT2D eigenvalue weighted by Crippen LogP contribution is 2.38. The highest BCUT2D eigenvalue weighted by Gasteiger charge is 2.39. The minimum absolute atomic E-state index is 0.209. The van der Waals surface area contributed by atoms with Crippen LogP contribution in [0.1, 0.15) is 81.8 Å². The number of nitriles is 2. The third-order valence-corrected chi connectivity index (χ3v) is 9.78. The van der Waals surface area contributed by atoms with Crippen LogP contribution in [-0.2, 0) is 9.47 Å². The zero-order valence-corrected chi connectivity index (χ0v) is 30.4. The maximum atomic E-state index is 8.91. The van der Waals surface area contributed by atoms with Gasteiger partial charge in [-0.05, 0) is 101 Å². The Morgan fingerprint density at radius 3 is 1.70 bits per heavy atom. The number of nitrogens with zero attached hydrogens (tertiary/aromatic N) is 3. The number of fused-ring (bicyclic) bond motifs is 4. The van der Waals surface area contributed by atoms with Gasteiger partial charge in [0.2, 0.25) is 0 Å².